The lowest BCUT2D eigenvalue weighted by atomic mass is 10.0. The van der Waals surface area contributed by atoms with Gasteiger partial charge in [0.15, 0.2) is 5.82 Å². The van der Waals surface area contributed by atoms with E-state index in [4.69, 9.17) is 11.6 Å². The summed E-state index contributed by atoms with van der Waals surface area (Å²) in [7, 11) is 0. The second-order valence-electron chi connectivity index (χ2n) is 7.22. The number of carbonyl (C=O) groups is 1. The Morgan fingerprint density at radius 3 is 2.82 bits per heavy atom. The molecule has 0 saturated carbocycles. The van der Waals surface area contributed by atoms with Crippen molar-refractivity contribution in [1.82, 2.24) is 19.7 Å². The van der Waals surface area contributed by atoms with Gasteiger partial charge in [-0.3, -0.25) is 0 Å². The highest BCUT2D eigenvalue weighted by atomic mass is 35.5. The quantitative estimate of drug-likeness (QED) is 0.694. The Bertz CT molecular complexity index is 1010. The fraction of sp³-hybridized carbons (Fsp3) is 0.286. The summed E-state index contributed by atoms with van der Waals surface area (Å²) in [4.78, 5) is 14.7. The highest BCUT2D eigenvalue weighted by molar-refractivity contribution is 6.30. The van der Waals surface area contributed by atoms with Crippen LogP contribution in [0.1, 0.15) is 31.0 Å². The molecule has 0 bridgehead atoms. The van der Waals surface area contributed by atoms with Crippen molar-refractivity contribution in [3.63, 3.8) is 0 Å². The molecule has 0 saturated heterocycles. The molecule has 1 N–H and O–H groups in total. The van der Waals surface area contributed by atoms with E-state index < -0.39 is 0 Å². The lowest BCUT2D eigenvalue weighted by Crippen LogP contribution is -2.39. The molecule has 0 unspecified atom stereocenters. The fourth-order valence-electron chi connectivity index (χ4n) is 3.49. The third-order valence-corrected chi connectivity index (χ3v) is 5.24. The average Bonchev–Trinajstić information content (AvgIpc) is 3.17. The summed E-state index contributed by atoms with van der Waals surface area (Å²) in [5, 5.41) is 12.0. The van der Waals surface area contributed by atoms with E-state index in [2.05, 4.69) is 29.4 Å². The van der Waals surface area contributed by atoms with Gasteiger partial charge in [0.25, 0.3) is 0 Å². The van der Waals surface area contributed by atoms with Crippen LogP contribution in [0.3, 0.4) is 0 Å². The molecule has 3 aromatic rings. The molecule has 2 aromatic carbocycles. The van der Waals surface area contributed by atoms with Crippen LogP contribution in [0, 0.1) is 0 Å². The van der Waals surface area contributed by atoms with Crippen LogP contribution in [0.2, 0.25) is 5.02 Å². The van der Waals surface area contributed by atoms with Crippen molar-refractivity contribution < 1.29 is 4.79 Å². The van der Waals surface area contributed by atoms with Gasteiger partial charge in [-0.2, -0.15) is 0 Å². The maximum atomic E-state index is 12.9. The number of anilines is 1. The van der Waals surface area contributed by atoms with Crippen molar-refractivity contribution in [3.05, 3.63) is 64.9 Å². The zero-order chi connectivity index (χ0) is 19.7. The summed E-state index contributed by atoms with van der Waals surface area (Å²) < 4.78 is 1.99. The second kappa shape index (κ2) is 7.64. The molecule has 0 spiro atoms. The van der Waals surface area contributed by atoms with Crippen LogP contribution in [0.4, 0.5) is 10.5 Å². The Labute approximate surface area is 169 Å². The average molecular weight is 396 g/mol. The van der Waals surface area contributed by atoms with E-state index in [1.54, 1.807) is 6.33 Å². The molecule has 1 aliphatic rings. The van der Waals surface area contributed by atoms with Crippen LogP contribution in [0.5, 0.6) is 0 Å². The minimum absolute atomic E-state index is 0.131. The van der Waals surface area contributed by atoms with Crippen LogP contribution < -0.4 is 5.32 Å². The number of hydrogen-bond acceptors (Lipinski definition) is 3. The number of hydrogen-bond donors (Lipinski definition) is 1. The van der Waals surface area contributed by atoms with Gasteiger partial charge < -0.3 is 14.8 Å². The zero-order valence-corrected chi connectivity index (χ0v) is 16.6. The van der Waals surface area contributed by atoms with Gasteiger partial charge in [0.2, 0.25) is 0 Å². The van der Waals surface area contributed by atoms with E-state index in [-0.39, 0.29) is 12.1 Å². The topological polar surface area (TPSA) is 63.1 Å². The molecule has 6 nitrogen and oxygen atoms in total. The number of benzene rings is 2. The van der Waals surface area contributed by atoms with Gasteiger partial charge in [-0.15, -0.1) is 10.2 Å². The monoisotopic (exact) mass is 395 g/mol. The molecule has 2 heterocycles. The molecule has 1 aromatic heterocycles. The Morgan fingerprint density at radius 2 is 2.00 bits per heavy atom. The normalized spacial score (nSPS) is 13.5. The fourth-order valence-corrected chi connectivity index (χ4v) is 3.69. The second-order valence-corrected chi connectivity index (χ2v) is 7.65. The molecule has 1 aliphatic heterocycles. The third kappa shape index (κ3) is 3.60. The summed E-state index contributed by atoms with van der Waals surface area (Å²) >= 11 is 6.12. The van der Waals surface area contributed by atoms with Crippen LogP contribution in [0.25, 0.3) is 11.4 Å². The predicted molar refractivity (Wildman–Crippen MR) is 110 cm³/mol. The zero-order valence-electron chi connectivity index (χ0n) is 15.9. The molecule has 0 fully saturated rings. The first-order chi connectivity index (χ1) is 13.5. The van der Waals surface area contributed by atoms with E-state index in [1.165, 1.54) is 5.56 Å². The number of carbonyl (C=O) groups excluding carboxylic acids is 1. The van der Waals surface area contributed by atoms with Gasteiger partial charge in [-0.25, -0.2) is 4.79 Å². The number of halogens is 1. The summed E-state index contributed by atoms with van der Waals surface area (Å²) in [6.45, 7) is 5.37. The molecule has 144 valence electrons. The first-order valence-corrected chi connectivity index (χ1v) is 9.73. The van der Waals surface area contributed by atoms with Crippen LogP contribution in [-0.2, 0) is 13.0 Å². The van der Waals surface area contributed by atoms with E-state index in [0.717, 1.165) is 29.1 Å². The number of aromatic nitrogens is 3. The van der Waals surface area contributed by atoms with Gasteiger partial charge in [0.05, 0.1) is 5.69 Å². The predicted octanol–water partition coefficient (Wildman–Crippen LogP) is 4.77. The maximum Gasteiger partial charge on any atom is 0.322 e. The van der Waals surface area contributed by atoms with Crippen molar-refractivity contribution >= 4 is 23.3 Å². The highest BCUT2D eigenvalue weighted by Gasteiger charge is 2.22. The number of amides is 2. The number of nitrogens with one attached hydrogen (secondary N) is 1. The van der Waals surface area contributed by atoms with E-state index >= 15 is 0 Å². The first-order valence-electron chi connectivity index (χ1n) is 9.35. The Kier molecular flexibility index (Phi) is 5.05. The van der Waals surface area contributed by atoms with E-state index in [1.807, 2.05) is 51.9 Å². The molecule has 0 aliphatic carbocycles. The summed E-state index contributed by atoms with van der Waals surface area (Å²) in [6, 6.07) is 13.6. The van der Waals surface area contributed by atoms with Gasteiger partial charge in [-0.05, 0) is 55.7 Å². The van der Waals surface area contributed by atoms with Crippen molar-refractivity contribution in [2.75, 3.05) is 11.9 Å². The Morgan fingerprint density at radius 1 is 1.18 bits per heavy atom. The minimum Gasteiger partial charge on any atom is -0.320 e. The Balaban J connectivity index is 1.57. The largest absolute Gasteiger partial charge is 0.322 e. The molecule has 2 amide bonds. The molecule has 7 heteroatoms. The van der Waals surface area contributed by atoms with Crippen molar-refractivity contribution in [1.29, 1.82) is 0 Å². The minimum atomic E-state index is -0.131. The number of fused-ring (bicyclic) bond motifs is 1. The smallest absolute Gasteiger partial charge is 0.320 e. The van der Waals surface area contributed by atoms with Gasteiger partial charge in [-0.1, -0.05) is 29.8 Å². The van der Waals surface area contributed by atoms with Crippen LogP contribution in [-0.4, -0.2) is 32.2 Å². The van der Waals surface area contributed by atoms with Crippen LogP contribution >= 0.6 is 11.6 Å². The molecule has 0 atom stereocenters. The molecule has 4 rings (SSSR count). The highest BCUT2D eigenvalue weighted by Crippen LogP contribution is 2.29. The van der Waals surface area contributed by atoms with E-state index in [9.17, 15) is 4.79 Å². The van der Waals surface area contributed by atoms with Crippen LogP contribution in [0.15, 0.2) is 48.8 Å². The molecule has 28 heavy (non-hydrogen) atoms. The SMILES string of the molecule is CC(C)n1cnnc1-c1ccccc1NC(=O)N1CCc2ccc(Cl)cc2C1. The molecular weight excluding hydrogens is 374 g/mol. The number of para-hydroxylation sites is 1. The van der Waals surface area contributed by atoms with Gasteiger partial charge in [0, 0.05) is 29.7 Å². The maximum absolute atomic E-state index is 12.9. The number of urea groups is 1. The lowest BCUT2D eigenvalue weighted by molar-refractivity contribution is 0.206. The standard InChI is InChI=1S/C21H22ClN5O/c1-14(2)27-13-23-25-20(27)18-5-3-4-6-19(18)24-21(28)26-10-9-15-7-8-17(22)11-16(15)12-26/h3-8,11,13-14H,9-10,12H2,1-2H3,(H,24,28). The number of nitrogens with zero attached hydrogens (tertiary/aromatic N) is 4. The summed E-state index contributed by atoms with van der Waals surface area (Å²) in [5.74, 6) is 0.738. The Hall–Kier alpha value is -2.86. The molecular formula is C21H22ClN5O. The van der Waals surface area contributed by atoms with Gasteiger partial charge >= 0.3 is 6.03 Å². The third-order valence-electron chi connectivity index (χ3n) is 5.01. The lowest BCUT2D eigenvalue weighted by Gasteiger charge is -2.29. The summed E-state index contributed by atoms with van der Waals surface area (Å²) in [5.41, 5.74) is 3.92. The van der Waals surface area contributed by atoms with E-state index in [0.29, 0.717) is 18.1 Å². The van der Waals surface area contributed by atoms with Crippen molar-refractivity contribution in [2.45, 2.75) is 32.9 Å². The first kappa shape index (κ1) is 18.5. The van der Waals surface area contributed by atoms with Crippen molar-refractivity contribution in [2.24, 2.45) is 0 Å². The number of rotatable bonds is 3. The van der Waals surface area contributed by atoms with Gasteiger partial charge in [0.1, 0.15) is 6.33 Å². The van der Waals surface area contributed by atoms with Crippen molar-refractivity contribution in [3.8, 4) is 11.4 Å². The summed E-state index contributed by atoms with van der Waals surface area (Å²) in [6.07, 6.45) is 2.53. The molecule has 0 radical (unpaired) electrons.